The molecular formula is C30H40N9O11PS. The van der Waals surface area contributed by atoms with E-state index in [1.54, 1.807) is 6.20 Å². The molecule has 22 heteroatoms. The van der Waals surface area contributed by atoms with E-state index in [0.29, 0.717) is 12.1 Å². The molecule has 5 atom stereocenters. The molecule has 3 heterocycles. The number of hydrogen-bond acceptors (Lipinski definition) is 11. The number of amides is 6. The van der Waals surface area contributed by atoms with Crippen molar-refractivity contribution in [3.63, 3.8) is 0 Å². The molecule has 20 nitrogen and oxygen atoms in total. The van der Waals surface area contributed by atoms with Crippen LogP contribution in [0.25, 0.3) is 10.9 Å². The van der Waals surface area contributed by atoms with Crippen LogP contribution in [-0.4, -0.2) is 132 Å². The number of fused-ring (bicyclic) bond motifs is 1. The first kappa shape index (κ1) is 40.0. The molecule has 2 aromatic heterocycles. The average Bonchev–Trinajstić information content (AvgIpc) is 3.75. The Hall–Kier alpha value is -4.79. The summed E-state index contributed by atoms with van der Waals surface area (Å²) in [7, 11) is -5.22. The molecular weight excluding hydrogens is 725 g/mol. The van der Waals surface area contributed by atoms with Crippen molar-refractivity contribution >= 4 is 65.9 Å². The van der Waals surface area contributed by atoms with E-state index in [1.807, 2.05) is 24.3 Å². The average molecular weight is 766 g/mol. The fourth-order valence-corrected chi connectivity index (χ4v) is 6.84. The topological polar surface area (TPSA) is 311 Å². The van der Waals surface area contributed by atoms with Crippen molar-refractivity contribution in [2.24, 2.45) is 5.73 Å². The molecule has 1 aromatic carbocycles. The number of nitrogens with zero attached hydrogens (tertiary/aromatic N) is 2. The molecule has 0 radical (unpaired) electrons. The first-order valence-electron chi connectivity index (χ1n) is 15.9. The molecule has 1 saturated heterocycles. The van der Waals surface area contributed by atoms with Crippen LogP contribution >= 0.6 is 19.6 Å². The number of imidazole rings is 1. The number of phosphoric acid groups is 1. The predicted molar refractivity (Wildman–Crippen MR) is 185 cm³/mol. The number of benzene rings is 1. The van der Waals surface area contributed by atoms with Gasteiger partial charge < -0.3 is 56.8 Å². The van der Waals surface area contributed by atoms with Crippen LogP contribution in [0.5, 0.6) is 0 Å². The number of hydrogen-bond donors (Lipinski definition) is 10. The monoisotopic (exact) mass is 765 g/mol. The molecule has 52 heavy (non-hydrogen) atoms. The van der Waals surface area contributed by atoms with E-state index in [0.717, 1.165) is 35.2 Å². The van der Waals surface area contributed by atoms with Gasteiger partial charge in [-0.15, -0.1) is 11.8 Å². The summed E-state index contributed by atoms with van der Waals surface area (Å²) in [6.07, 6.45) is 3.02. The van der Waals surface area contributed by atoms with Gasteiger partial charge in [-0.2, -0.15) is 0 Å². The van der Waals surface area contributed by atoms with Crippen molar-refractivity contribution in [1.29, 1.82) is 0 Å². The highest BCUT2D eigenvalue weighted by molar-refractivity contribution is 8.00. The molecule has 0 bridgehead atoms. The molecule has 0 spiro atoms. The Morgan fingerprint density at radius 2 is 1.79 bits per heavy atom. The summed E-state index contributed by atoms with van der Waals surface area (Å²) in [6.45, 7) is -0.363. The summed E-state index contributed by atoms with van der Waals surface area (Å²) in [5.74, 6) is -6.06. The van der Waals surface area contributed by atoms with Crippen LogP contribution in [0.1, 0.15) is 18.2 Å². The Morgan fingerprint density at radius 3 is 2.46 bits per heavy atom. The van der Waals surface area contributed by atoms with Gasteiger partial charge in [0.15, 0.2) is 0 Å². The number of primary amides is 1. The molecule has 0 aliphatic carbocycles. The summed E-state index contributed by atoms with van der Waals surface area (Å²) >= 11 is 0.906. The standard InChI is InChI=1S/C30H40N9O11PS/c1-16(50-51(47,48)49)26-30(46)37-23(27(31)43)13-52-14-25(42)39(7-6-17-9-33-20-5-3-2-4-19(17)20)11-24(41)35-21(8-18-10-32-15-34-18)28(44)36-22(12-40)29(45)38-26/h2-5,9-10,15-16,21-23,26,33,40H,6-8,11-14H2,1H3,(H2,31,43)(H,32,34)(H,35,41)(H,36,44)(H,37,46)(H,38,45)(H2,47,48,49)/t16-,21+,22+,23-,26+/m1/s1. The van der Waals surface area contributed by atoms with Crippen LogP contribution < -0.4 is 27.0 Å². The second-order valence-electron chi connectivity index (χ2n) is 11.8. The minimum absolute atomic E-state index is 0.0773. The normalized spacial score (nSPS) is 22.5. The second-order valence-corrected chi connectivity index (χ2v) is 14.1. The van der Waals surface area contributed by atoms with Crippen LogP contribution in [0.2, 0.25) is 0 Å². The number of H-pyrrole nitrogens is 2. The van der Waals surface area contributed by atoms with Gasteiger partial charge in [0.25, 0.3) is 0 Å². The number of nitrogens with one attached hydrogen (secondary N) is 6. The zero-order valence-electron chi connectivity index (χ0n) is 27.8. The van der Waals surface area contributed by atoms with Crippen molar-refractivity contribution in [1.82, 2.24) is 41.1 Å². The summed E-state index contributed by atoms with van der Waals surface area (Å²) in [5.41, 5.74) is 7.67. The largest absolute Gasteiger partial charge is 0.469 e. The van der Waals surface area contributed by atoms with Crippen LogP contribution in [-0.2, 0) is 50.7 Å². The molecule has 0 saturated carbocycles. The van der Waals surface area contributed by atoms with E-state index >= 15 is 0 Å². The number of aromatic amines is 2. The summed E-state index contributed by atoms with van der Waals surface area (Å²) in [4.78, 5) is 109. The van der Waals surface area contributed by atoms with Gasteiger partial charge in [0.2, 0.25) is 35.4 Å². The summed E-state index contributed by atoms with van der Waals surface area (Å²) in [6, 6.07) is 1.09. The third-order valence-corrected chi connectivity index (χ3v) is 9.61. The number of phosphoric ester groups is 1. The second kappa shape index (κ2) is 18.1. The van der Waals surface area contributed by atoms with E-state index in [1.165, 1.54) is 17.4 Å². The maximum atomic E-state index is 13.6. The van der Waals surface area contributed by atoms with E-state index in [2.05, 4.69) is 40.7 Å². The number of thioether (sulfide) groups is 1. The van der Waals surface area contributed by atoms with Crippen molar-refractivity contribution < 1.29 is 52.7 Å². The Bertz CT molecular complexity index is 1800. The number of aliphatic hydroxyl groups is 1. The number of carbonyl (C=O) groups is 6. The van der Waals surface area contributed by atoms with Gasteiger partial charge in [0.05, 0.1) is 31.3 Å². The van der Waals surface area contributed by atoms with Gasteiger partial charge in [-0.1, -0.05) is 18.2 Å². The maximum Gasteiger partial charge on any atom is 0.469 e. The summed E-state index contributed by atoms with van der Waals surface area (Å²) in [5, 5.41) is 20.3. The number of para-hydroxylation sites is 1. The highest BCUT2D eigenvalue weighted by Gasteiger charge is 2.37. The van der Waals surface area contributed by atoms with Gasteiger partial charge in [0, 0.05) is 47.7 Å². The highest BCUT2D eigenvalue weighted by Crippen LogP contribution is 2.38. The minimum Gasteiger partial charge on any atom is -0.394 e. The number of aliphatic hydroxyl groups excluding tert-OH is 1. The Morgan fingerprint density at radius 1 is 1.06 bits per heavy atom. The lowest BCUT2D eigenvalue weighted by atomic mass is 10.1. The minimum atomic E-state index is -5.22. The molecule has 1 fully saturated rings. The van der Waals surface area contributed by atoms with Gasteiger partial charge in [-0.25, -0.2) is 9.55 Å². The van der Waals surface area contributed by atoms with Crippen LogP contribution in [0.4, 0.5) is 0 Å². The zero-order chi connectivity index (χ0) is 38.0. The van der Waals surface area contributed by atoms with Gasteiger partial charge >= 0.3 is 7.82 Å². The highest BCUT2D eigenvalue weighted by atomic mass is 32.2. The lowest BCUT2D eigenvalue weighted by Crippen LogP contribution is -2.62. The van der Waals surface area contributed by atoms with Gasteiger partial charge in [-0.05, 0) is 25.0 Å². The first-order valence-corrected chi connectivity index (χ1v) is 18.6. The van der Waals surface area contributed by atoms with Crippen molar-refractivity contribution in [3.05, 3.63) is 54.2 Å². The van der Waals surface area contributed by atoms with Gasteiger partial charge in [0.1, 0.15) is 24.2 Å². The lowest BCUT2D eigenvalue weighted by molar-refractivity contribution is -0.137. The molecule has 3 aromatic rings. The number of rotatable bonds is 10. The van der Waals surface area contributed by atoms with Crippen LogP contribution in [0.15, 0.2) is 43.0 Å². The molecule has 6 amide bonds. The molecule has 282 valence electrons. The Labute approximate surface area is 300 Å². The number of nitrogens with two attached hydrogens (primary N) is 1. The SMILES string of the molecule is C[C@@H](OP(=O)(O)O)[C@@H]1NC(=O)[C@H](CO)NC(=O)[C@H](Cc2cnc[nH]2)NC(=O)CN(CCc2c[nH]c3ccccc23)C(=O)CSC[C@H](C(N)=O)NC1=O. The Kier molecular flexibility index (Phi) is 13.9. The summed E-state index contributed by atoms with van der Waals surface area (Å²) < 4.78 is 16.2. The first-order chi connectivity index (χ1) is 24.6. The third-order valence-electron chi connectivity index (χ3n) is 7.98. The quantitative estimate of drug-likeness (QED) is 0.0932. The molecule has 11 N–H and O–H groups in total. The Balaban J connectivity index is 1.65. The zero-order valence-corrected chi connectivity index (χ0v) is 29.5. The van der Waals surface area contributed by atoms with E-state index in [-0.39, 0.29) is 24.5 Å². The lowest BCUT2D eigenvalue weighted by Gasteiger charge is -2.29. The van der Waals surface area contributed by atoms with Crippen LogP contribution in [0, 0.1) is 0 Å². The van der Waals surface area contributed by atoms with E-state index in [4.69, 9.17) is 5.73 Å². The van der Waals surface area contributed by atoms with Crippen molar-refractivity contribution in [2.45, 2.75) is 50.0 Å². The van der Waals surface area contributed by atoms with E-state index < -0.39 is 86.7 Å². The molecule has 4 rings (SSSR count). The fraction of sp³-hybridized carbons (Fsp3) is 0.433. The molecule has 0 unspecified atom stereocenters. The van der Waals surface area contributed by atoms with E-state index in [9.17, 15) is 48.2 Å². The molecule has 1 aliphatic heterocycles. The number of aromatic nitrogens is 3. The third kappa shape index (κ3) is 11.4. The predicted octanol–water partition coefficient (Wildman–Crippen LogP) is -2.83. The number of carbonyl (C=O) groups excluding carboxylic acids is 6. The molecule has 1 aliphatic rings. The van der Waals surface area contributed by atoms with Crippen molar-refractivity contribution in [2.75, 3.05) is 31.2 Å². The van der Waals surface area contributed by atoms with Gasteiger partial charge in [-0.3, -0.25) is 33.3 Å². The van der Waals surface area contributed by atoms with Crippen LogP contribution in [0.3, 0.4) is 0 Å². The smallest absolute Gasteiger partial charge is 0.394 e. The fourth-order valence-electron chi connectivity index (χ4n) is 5.33. The maximum absolute atomic E-state index is 13.6. The van der Waals surface area contributed by atoms with Crippen molar-refractivity contribution in [3.8, 4) is 0 Å².